The van der Waals surface area contributed by atoms with Gasteiger partial charge in [0, 0.05) is 24.0 Å². The molecule has 1 rings (SSSR count). The summed E-state index contributed by atoms with van der Waals surface area (Å²) < 4.78 is 0. The molecule has 0 spiro atoms. The van der Waals surface area contributed by atoms with E-state index in [4.69, 9.17) is 0 Å². The van der Waals surface area contributed by atoms with Crippen molar-refractivity contribution in [2.24, 2.45) is 0 Å². The number of amides is 1. The van der Waals surface area contributed by atoms with E-state index >= 15 is 0 Å². The fraction of sp³-hybridized carbons (Fsp3) is 0.571. The minimum Gasteiger partial charge on any atom is -0.350 e. The number of pyridine rings is 1. The normalized spacial score (nSPS) is 13.1. The third kappa shape index (κ3) is 4.84. The zero-order valence-corrected chi connectivity index (χ0v) is 11.7. The Bertz CT molecular complexity index is 376. The minimum absolute atomic E-state index is 0.0255. The van der Waals surface area contributed by atoms with Gasteiger partial charge < -0.3 is 10.6 Å². The average molecular weight is 249 g/mol. The Morgan fingerprint density at radius 3 is 2.78 bits per heavy atom. The Morgan fingerprint density at radius 2 is 2.22 bits per heavy atom. The highest BCUT2D eigenvalue weighted by atomic mass is 16.2. The summed E-state index contributed by atoms with van der Waals surface area (Å²) in [5.74, 6) is 0.0255. The van der Waals surface area contributed by atoms with E-state index < -0.39 is 0 Å². The molecule has 4 heteroatoms. The first-order valence-electron chi connectivity index (χ1n) is 6.39. The Kier molecular flexibility index (Phi) is 5.28. The van der Waals surface area contributed by atoms with Gasteiger partial charge in [0.2, 0.25) is 5.91 Å². The lowest BCUT2D eigenvalue weighted by molar-refractivity contribution is -0.122. The highest BCUT2D eigenvalue weighted by Gasteiger charge is 2.17. The van der Waals surface area contributed by atoms with Gasteiger partial charge in [-0.15, -0.1) is 0 Å². The Hall–Kier alpha value is -1.42. The van der Waals surface area contributed by atoms with Crippen LogP contribution in [0.2, 0.25) is 0 Å². The topological polar surface area (TPSA) is 54.0 Å². The zero-order chi connectivity index (χ0) is 13.6. The van der Waals surface area contributed by atoms with Crippen molar-refractivity contribution in [2.75, 3.05) is 6.54 Å². The minimum atomic E-state index is -0.143. The van der Waals surface area contributed by atoms with Crippen LogP contribution in [-0.4, -0.2) is 23.0 Å². The lowest BCUT2D eigenvalue weighted by atomic mass is 10.0. The summed E-state index contributed by atoms with van der Waals surface area (Å²) in [5.41, 5.74) is 0.941. The summed E-state index contributed by atoms with van der Waals surface area (Å²) in [7, 11) is 0. The number of nitrogens with zero attached hydrogens (tertiary/aromatic N) is 1. The second kappa shape index (κ2) is 6.50. The molecule has 0 unspecified atom stereocenters. The highest BCUT2D eigenvalue weighted by Crippen LogP contribution is 2.09. The van der Waals surface area contributed by atoms with E-state index in [9.17, 15) is 4.79 Å². The van der Waals surface area contributed by atoms with Crippen LogP contribution in [0.4, 0.5) is 0 Å². The van der Waals surface area contributed by atoms with Crippen molar-refractivity contribution in [2.45, 2.75) is 45.7 Å². The number of carbonyl (C=O) groups is 1. The first-order valence-corrected chi connectivity index (χ1v) is 6.39. The predicted molar refractivity (Wildman–Crippen MR) is 73.2 cm³/mol. The van der Waals surface area contributed by atoms with Gasteiger partial charge in [-0.25, -0.2) is 0 Å². The largest absolute Gasteiger partial charge is 0.350 e. The number of hydrogen-bond acceptors (Lipinski definition) is 3. The van der Waals surface area contributed by atoms with Crippen molar-refractivity contribution >= 4 is 5.91 Å². The van der Waals surface area contributed by atoms with Crippen LogP contribution < -0.4 is 10.6 Å². The molecular weight excluding hydrogens is 226 g/mol. The molecule has 1 atom stereocenters. The van der Waals surface area contributed by atoms with Crippen LogP contribution in [0.1, 0.15) is 45.7 Å². The number of rotatable bonds is 6. The molecule has 0 aliphatic carbocycles. The molecule has 1 aromatic heterocycles. The summed E-state index contributed by atoms with van der Waals surface area (Å²) in [6.45, 7) is 8.45. The van der Waals surface area contributed by atoms with Crippen LogP contribution in [0.5, 0.6) is 0 Å². The molecule has 1 amide bonds. The third-order valence-corrected chi connectivity index (χ3v) is 3.11. The van der Waals surface area contributed by atoms with Gasteiger partial charge in [-0.05, 0) is 38.8 Å². The summed E-state index contributed by atoms with van der Waals surface area (Å²) >= 11 is 0. The Morgan fingerprint density at radius 1 is 1.50 bits per heavy atom. The van der Waals surface area contributed by atoms with Crippen molar-refractivity contribution < 1.29 is 4.79 Å². The van der Waals surface area contributed by atoms with Crippen molar-refractivity contribution in [3.05, 3.63) is 30.1 Å². The number of nitrogens with one attached hydrogen (secondary N) is 2. The molecule has 18 heavy (non-hydrogen) atoms. The van der Waals surface area contributed by atoms with Crippen molar-refractivity contribution in [3.8, 4) is 0 Å². The summed E-state index contributed by atoms with van der Waals surface area (Å²) in [5, 5.41) is 6.19. The molecule has 0 aromatic carbocycles. The maximum atomic E-state index is 11.8. The highest BCUT2D eigenvalue weighted by molar-refractivity contribution is 5.78. The van der Waals surface area contributed by atoms with Gasteiger partial charge >= 0.3 is 0 Å². The van der Waals surface area contributed by atoms with E-state index in [0.29, 0.717) is 6.54 Å². The van der Waals surface area contributed by atoms with Crippen LogP contribution in [-0.2, 0) is 4.79 Å². The maximum Gasteiger partial charge on any atom is 0.234 e. The molecule has 0 aliphatic heterocycles. The molecule has 2 N–H and O–H groups in total. The molecule has 1 aromatic rings. The van der Waals surface area contributed by atoms with E-state index in [-0.39, 0.29) is 17.5 Å². The van der Waals surface area contributed by atoms with E-state index in [1.807, 2.05) is 39.1 Å². The van der Waals surface area contributed by atoms with Crippen LogP contribution >= 0.6 is 0 Å². The first kappa shape index (κ1) is 14.6. The van der Waals surface area contributed by atoms with Crippen molar-refractivity contribution in [3.63, 3.8) is 0 Å². The zero-order valence-electron chi connectivity index (χ0n) is 11.7. The molecule has 100 valence electrons. The molecule has 0 aliphatic rings. The van der Waals surface area contributed by atoms with Gasteiger partial charge in [-0.2, -0.15) is 0 Å². The van der Waals surface area contributed by atoms with Gasteiger partial charge in [0.05, 0.1) is 6.54 Å². The lowest BCUT2D eigenvalue weighted by Gasteiger charge is -2.25. The summed E-state index contributed by atoms with van der Waals surface area (Å²) in [4.78, 5) is 15.8. The number of aromatic nitrogens is 1. The number of hydrogen-bond donors (Lipinski definition) is 2. The van der Waals surface area contributed by atoms with E-state index in [2.05, 4.69) is 22.5 Å². The molecule has 0 radical (unpaired) electrons. The molecule has 0 fully saturated rings. The fourth-order valence-corrected chi connectivity index (χ4v) is 1.51. The van der Waals surface area contributed by atoms with Crippen LogP contribution in [0, 0.1) is 0 Å². The standard InChI is InChI=1S/C14H23N3O/c1-5-14(3,4)17-13(18)10-16-11(2)12-7-6-8-15-9-12/h6-9,11,16H,5,10H2,1-4H3,(H,17,18)/t11-/m0/s1. The second-order valence-corrected chi connectivity index (χ2v) is 5.17. The molecule has 0 bridgehead atoms. The van der Waals surface area contributed by atoms with Gasteiger partial charge in [0.15, 0.2) is 0 Å². The van der Waals surface area contributed by atoms with Crippen LogP contribution in [0.15, 0.2) is 24.5 Å². The summed E-state index contributed by atoms with van der Waals surface area (Å²) in [6, 6.07) is 4.01. The smallest absolute Gasteiger partial charge is 0.234 e. The molecular formula is C14H23N3O. The average Bonchev–Trinajstić information content (AvgIpc) is 2.36. The van der Waals surface area contributed by atoms with Crippen molar-refractivity contribution in [1.29, 1.82) is 0 Å². The summed E-state index contributed by atoms with van der Waals surface area (Å²) in [6.07, 6.45) is 4.47. The van der Waals surface area contributed by atoms with Crippen LogP contribution in [0.25, 0.3) is 0 Å². The van der Waals surface area contributed by atoms with Gasteiger partial charge in [0.25, 0.3) is 0 Å². The maximum absolute atomic E-state index is 11.8. The number of carbonyl (C=O) groups excluding carboxylic acids is 1. The first-order chi connectivity index (χ1) is 8.44. The SMILES string of the molecule is CCC(C)(C)NC(=O)CN[C@@H](C)c1cccnc1. The fourth-order valence-electron chi connectivity index (χ4n) is 1.51. The monoisotopic (exact) mass is 249 g/mol. The third-order valence-electron chi connectivity index (χ3n) is 3.11. The van der Waals surface area contributed by atoms with Crippen molar-refractivity contribution in [1.82, 2.24) is 15.6 Å². The van der Waals surface area contributed by atoms with Crippen LogP contribution in [0.3, 0.4) is 0 Å². The van der Waals surface area contributed by atoms with E-state index in [0.717, 1.165) is 12.0 Å². The molecule has 4 nitrogen and oxygen atoms in total. The van der Waals surface area contributed by atoms with Gasteiger partial charge in [-0.1, -0.05) is 13.0 Å². The molecule has 0 saturated carbocycles. The molecule has 1 heterocycles. The van der Waals surface area contributed by atoms with E-state index in [1.54, 1.807) is 6.20 Å². The van der Waals surface area contributed by atoms with Gasteiger partial charge in [-0.3, -0.25) is 9.78 Å². The quantitative estimate of drug-likeness (QED) is 0.811. The van der Waals surface area contributed by atoms with Gasteiger partial charge in [0.1, 0.15) is 0 Å². The Balaban J connectivity index is 2.39. The second-order valence-electron chi connectivity index (χ2n) is 5.17. The van der Waals surface area contributed by atoms with E-state index in [1.165, 1.54) is 0 Å². The predicted octanol–water partition coefficient (Wildman–Crippen LogP) is 2.04. The lowest BCUT2D eigenvalue weighted by Crippen LogP contribution is -2.46. The molecule has 0 saturated heterocycles. The Labute approximate surface area is 109 Å².